The second kappa shape index (κ2) is 9.21. The average molecular weight is 490 g/mol. The molecule has 31 heavy (non-hydrogen) atoms. The van der Waals surface area contributed by atoms with Gasteiger partial charge in [0.05, 0.1) is 6.33 Å². The van der Waals surface area contributed by atoms with E-state index in [0.717, 1.165) is 14.6 Å². The van der Waals surface area contributed by atoms with Crippen LogP contribution < -0.4 is 16.6 Å². The normalized spacial score (nSPS) is 11.6. The van der Waals surface area contributed by atoms with Gasteiger partial charge in [0.15, 0.2) is 11.2 Å². The molecule has 0 saturated heterocycles. The number of anilines is 1. The van der Waals surface area contributed by atoms with Crippen LogP contribution in [0, 0.1) is 18.8 Å². The fourth-order valence-electron chi connectivity index (χ4n) is 3.51. The van der Waals surface area contributed by atoms with Crippen LogP contribution in [0.15, 0.2) is 38.6 Å². The number of benzene rings is 1. The van der Waals surface area contributed by atoms with Gasteiger partial charge < -0.3 is 9.88 Å². The minimum absolute atomic E-state index is 0.168. The fraction of sp³-hybridized carbons (Fsp3) is 0.455. The summed E-state index contributed by atoms with van der Waals surface area (Å²) in [5.41, 5.74) is 1.26. The van der Waals surface area contributed by atoms with Crippen molar-refractivity contribution in [1.82, 2.24) is 18.7 Å². The van der Waals surface area contributed by atoms with Crippen LogP contribution in [0.5, 0.6) is 0 Å². The van der Waals surface area contributed by atoms with Gasteiger partial charge in [-0.1, -0.05) is 43.6 Å². The quantitative estimate of drug-likeness (QED) is 0.550. The van der Waals surface area contributed by atoms with Crippen LogP contribution in [0.4, 0.5) is 5.69 Å². The van der Waals surface area contributed by atoms with E-state index >= 15 is 0 Å². The molecular weight excluding hydrogens is 462 g/mol. The first-order valence-electron chi connectivity index (χ1n) is 10.3. The number of nitrogens with one attached hydrogen (secondary N) is 1. The summed E-state index contributed by atoms with van der Waals surface area (Å²) in [7, 11) is 0. The van der Waals surface area contributed by atoms with Crippen LogP contribution in [0.3, 0.4) is 0 Å². The predicted octanol–water partition coefficient (Wildman–Crippen LogP) is 3.38. The van der Waals surface area contributed by atoms with Crippen LogP contribution in [0.2, 0.25) is 0 Å². The molecule has 3 rings (SSSR count). The lowest BCUT2D eigenvalue weighted by Gasteiger charge is -2.15. The number of imidazole rings is 1. The molecule has 0 aliphatic rings. The molecule has 1 amide bonds. The Morgan fingerprint density at radius 3 is 2.39 bits per heavy atom. The number of aromatic nitrogens is 4. The molecule has 0 spiro atoms. The Morgan fingerprint density at radius 2 is 1.77 bits per heavy atom. The number of hydrogen-bond donors (Lipinski definition) is 1. The molecule has 9 heteroatoms. The van der Waals surface area contributed by atoms with Crippen molar-refractivity contribution in [2.45, 2.75) is 54.3 Å². The number of fused-ring (bicyclic) bond motifs is 1. The SMILES string of the molecule is Cc1cc(NC(=O)Cn2c(=O)c3c(ncn3CC(C)C)n(CC(C)C)c2=O)ccc1Br. The van der Waals surface area contributed by atoms with E-state index in [1.54, 1.807) is 17.0 Å². The molecule has 0 aliphatic heterocycles. The molecule has 0 aliphatic carbocycles. The Hall–Kier alpha value is -2.68. The highest BCUT2D eigenvalue weighted by atomic mass is 79.9. The highest BCUT2D eigenvalue weighted by molar-refractivity contribution is 9.10. The third-order valence-electron chi connectivity index (χ3n) is 4.84. The largest absolute Gasteiger partial charge is 0.333 e. The van der Waals surface area contributed by atoms with E-state index in [0.29, 0.717) is 35.9 Å². The van der Waals surface area contributed by atoms with Crippen LogP contribution in [0.25, 0.3) is 11.2 Å². The summed E-state index contributed by atoms with van der Waals surface area (Å²) in [4.78, 5) is 43.4. The average Bonchev–Trinajstić information content (AvgIpc) is 3.08. The number of nitrogens with zero attached hydrogens (tertiary/aromatic N) is 4. The van der Waals surface area contributed by atoms with Crippen molar-refractivity contribution >= 4 is 38.7 Å². The molecule has 2 aromatic heterocycles. The minimum Gasteiger partial charge on any atom is -0.325 e. The first-order chi connectivity index (χ1) is 14.6. The van der Waals surface area contributed by atoms with Gasteiger partial charge in [-0.2, -0.15) is 0 Å². The molecule has 166 valence electrons. The highest BCUT2D eigenvalue weighted by Gasteiger charge is 2.20. The zero-order valence-corrected chi connectivity index (χ0v) is 20.1. The van der Waals surface area contributed by atoms with Gasteiger partial charge in [0.2, 0.25) is 5.91 Å². The van der Waals surface area contributed by atoms with Gasteiger partial charge in [-0.3, -0.25) is 14.2 Å². The first-order valence-corrected chi connectivity index (χ1v) is 11.1. The van der Waals surface area contributed by atoms with Crippen LogP contribution in [0.1, 0.15) is 33.3 Å². The number of aryl methyl sites for hydroxylation is 1. The molecule has 0 atom stereocenters. The summed E-state index contributed by atoms with van der Waals surface area (Å²) in [6.45, 7) is 10.6. The van der Waals surface area contributed by atoms with Gasteiger partial charge in [0, 0.05) is 23.2 Å². The van der Waals surface area contributed by atoms with Crippen molar-refractivity contribution in [3.05, 3.63) is 55.4 Å². The lowest BCUT2D eigenvalue weighted by atomic mass is 10.2. The summed E-state index contributed by atoms with van der Waals surface area (Å²) in [6, 6.07) is 5.42. The van der Waals surface area contributed by atoms with Gasteiger partial charge in [-0.05, 0) is 42.5 Å². The first kappa shape index (κ1) is 23.0. The second-order valence-electron chi connectivity index (χ2n) is 8.65. The lowest BCUT2D eigenvalue weighted by Crippen LogP contribution is -2.43. The predicted molar refractivity (Wildman–Crippen MR) is 125 cm³/mol. The van der Waals surface area contributed by atoms with E-state index in [1.165, 1.54) is 4.57 Å². The molecular formula is C22H28BrN5O3. The van der Waals surface area contributed by atoms with E-state index in [1.807, 2.05) is 46.8 Å². The van der Waals surface area contributed by atoms with E-state index in [4.69, 9.17) is 0 Å². The van der Waals surface area contributed by atoms with Crippen LogP contribution >= 0.6 is 15.9 Å². The number of halogens is 1. The van der Waals surface area contributed by atoms with Crippen molar-refractivity contribution in [3.8, 4) is 0 Å². The van der Waals surface area contributed by atoms with E-state index in [9.17, 15) is 14.4 Å². The maximum Gasteiger partial charge on any atom is 0.333 e. The van der Waals surface area contributed by atoms with Crippen molar-refractivity contribution in [2.75, 3.05) is 5.32 Å². The van der Waals surface area contributed by atoms with Gasteiger partial charge in [-0.15, -0.1) is 0 Å². The summed E-state index contributed by atoms with van der Waals surface area (Å²) >= 11 is 3.43. The van der Waals surface area contributed by atoms with Crippen molar-refractivity contribution < 1.29 is 4.79 Å². The molecule has 0 bridgehead atoms. The third-order valence-corrected chi connectivity index (χ3v) is 5.73. The minimum atomic E-state index is -0.525. The third kappa shape index (κ3) is 4.98. The molecule has 0 unspecified atom stereocenters. The number of amides is 1. The Bertz CT molecular complexity index is 1240. The standard InChI is InChI=1S/C22H28BrN5O3/c1-13(2)9-26-12-24-20-19(26)21(30)28(22(31)27(20)10-14(3)4)11-18(29)25-16-6-7-17(23)15(5)8-16/h6-8,12-14H,9-11H2,1-5H3,(H,25,29). The number of carbonyl (C=O) groups is 1. The molecule has 0 radical (unpaired) electrons. The van der Waals surface area contributed by atoms with E-state index < -0.39 is 17.2 Å². The number of carbonyl (C=O) groups excluding carboxylic acids is 1. The van der Waals surface area contributed by atoms with Gasteiger partial charge in [0.1, 0.15) is 6.54 Å². The van der Waals surface area contributed by atoms with E-state index in [-0.39, 0.29) is 12.5 Å². The smallest absolute Gasteiger partial charge is 0.325 e. The van der Waals surface area contributed by atoms with Gasteiger partial charge in [0.25, 0.3) is 5.56 Å². The van der Waals surface area contributed by atoms with Gasteiger partial charge in [-0.25, -0.2) is 14.3 Å². The molecule has 2 heterocycles. The second-order valence-corrected chi connectivity index (χ2v) is 9.51. The maximum atomic E-state index is 13.2. The zero-order valence-electron chi connectivity index (χ0n) is 18.5. The van der Waals surface area contributed by atoms with Crippen molar-refractivity contribution in [2.24, 2.45) is 11.8 Å². The maximum absolute atomic E-state index is 13.2. The Morgan fingerprint density at radius 1 is 1.10 bits per heavy atom. The molecule has 8 nitrogen and oxygen atoms in total. The summed E-state index contributed by atoms with van der Waals surface area (Å²) in [5.74, 6) is 0.0210. The Balaban J connectivity index is 2.05. The Labute approximate surface area is 189 Å². The van der Waals surface area contributed by atoms with Gasteiger partial charge >= 0.3 is 5.69 Å². The molecule has 1 N–H and O–H groups in total. The van der Waals surface area contributed by atoms with E-state index in [2.05, 4.69) is 26.2 Å². The molecule has 1 aromatic carbocycles. The summed E-state index contributed by atoms with van der Waals surface area (Å²) < 4.78 is 5.20. The zero-order chi connectivity index (χ0) is 22.9. The highest BCUT2D eigenvalue weighted by Crippen LogP contribution is 2.20. The van der Waals surface area contributed by atoms with Crippen molar-refractivity contribution in [1.29, 1.82) is 0 Å². The van der Waals surface area contributed by atoms with Crippen LogP contribution in [-0.2, 0) is 24.4 Å². The monoisotopic (exact) mass is 489 g/mol. The topological polar surface area (TPSA) is 90.9 Å². The molecule has 3 aromatic rings. The number of hydrogen-bond acceptors (Lipinski definition) is 4. The fourth-order valence-corrected chi connectivity index (χ4v) is 3.75. The van der Waals surface area contributed by atoms with Crippen LogP contribution in [-0.4, -0.2) is 24.6 Å². The summed E-state index contributed by atoms with van der Waals surface area (Å²) in [6.07, 6.45) is 1.59. The number of rotatable bonds is 7. The summed E-state index contributed by atoms with van der Waals surface area (Å²) in [5, 5.41) is 2.77. The van der Waals surface area contributed by atoms with Crippen molar-refractivity contribution in [3.63, 3.8) is 0 Å². The Kier molecular flexibility index (Phi) is 6.83. The molecule has 0 fully saturated rings. The molecule has 0 saturated carbocycles. The lowest BCUT2D eigenvalue weighted by molar-refractivity contribution is -0.116.